The molecule has 0 fully saturated rings. The highest BCUT2D eigenvalue weighted by atomic mass is 16.5. The van der Waals surface area contributed by atoms with E-state index < -0.39 is 30.1 Å². The smallest absolute Gasteiger partial charge is 0.247 e. The van der Waals surface area contributed by atoms with E-state index in [2.05, 4.69) is 5.32 Å². The van der Waals surface area contributed by atoms with Gasteiger partial charge in [0.2, 0.25) is 11.8 Å². The van der Waals surface area contributed by atoms with E-state index >= 15 is 0 Å². The van der Waals surface area contributed by atoms with Crippen molar-refractivity contribution < 1.29 is 38.8 Å². The highest BCUT2D eigenvalue weighted by molar-refractivity contribution is 5.97. The summed E-state index contributed by atoms with van der Waals surface area (Å²) in [5, 5.41) is 23.3. The summed E-state index contributed by atoms with van der Waals surface area (Å²) in [5.74, 6) is -0.902. The second-order valence-electron chi connectivity index (χ2n) is 8.65. The lowest BCUT2D eigenvalue weighted by atomic mass is 9.77. The lowest BCUT2D eigenvalue weighted by Gasteiger charge is -2.40. The molecule has 1 heterocycles. The first-order chi connectivity index (χ1) is 16.8. The number of carbonyl (C=O) groups excluding carboxylic acids is 3. The molecule has 1 aromatic carbocycles. The van der Waals surface area contributed by atoms with Crippen molar-refractivity contribution in [2.24, 2.45) is 0 Å². The zero-order valence-corrected chi connectivity index (χ0v) is 20.3. The Kier molecular flexibility index (Phi) is 8.66. The van der Waals surface area contributed by atoms with Gasteiger partial charge < -0.3 is 34.6 Å². The topological polar surface area (TPSA) is 135 Å². The Morgan fingerprint density at radius 1 is 1.26 bits per heavy atom. The van der Waals surface area contributed by atoms with Crippen LogP contribution in [0, 0.1) is 0 Å². The predicted molar refractivity (Wildman–Crippen MR) is 127 cm³/mol. The van der Waals surface area contributed by atoms with Crippen LogP contribution in [0.2, 0.25) is 0 Å². The number of benzene rings is 1. The van der Waals surface area contributed by atoms with E-state index in [9.17, 15) is 24.6 Å². The van der Waals surface area contributed by atoms with E-state index in [-0.39, 0.29) is 37.8 Å². The van der Waals surface area contributed by atoms with Crippen molar-refractivity contribution in [1.82, 2.24) is 10.2 Å². The van der Waals surface area contributed by atoms with Crippen LogP contribution in [0.3, 0.4) is 0 Å². The molecule has 3 rings (SSSR count). The standard InChI is InChI=1S/C25H32N2O8/c1-14(2)9-20(30)27(6-8-33-3)18-12-17(25(32)26-5-7-28)21-16-10-15(13-29)11-19(34-4)23(16)35-24(21)22(18)31/h9-13,18,21-22,24,28,31H,5-8H2,1-4H3,(H,26,32). The van der Waals surface area contributed by atoms with Gasteiger partial charge in [-0.1, -0.05) is 5.57 Å². The molecule has 0 saturated heterocycles. The van der Waals surface area contributed by atoms with Crippen LogP contribution >= 0.6 is 0 Å². The molecule has 35 heavy (non-hydrogen) atoms. The molecule has 4 atom stereocenters. The number of amides is 2. The van der Waals surface area contributed by atoms with Gasteiger partial charge in [-0.15, -0.1) is 0 Å². The SMILES string of the molecule is COCCN(C(=O)C=C(C)C)C1C=C(C(=O)NCCO)C2c3cc(C=O)cc(OC)c3OC2C1O. The van der Waals surface area contributed by atoms with Crippen molar-refractivity contribution in [3.05, 3.63) is 46.6 Å². The number of hydrogen-bond acceptors (Lipinski definition) is 8. The average molecular weight is 489 g/mol. The molecule has 0 spiro atoms. The molecule has 3 N–H and O–H groups in total. The summed E-state index contributed by atoms with van der Waals surface area (Å²) in [5.41, 5.74) is 1.90. The molecule has 2 amide bonds. The Hall–Kier alpha value is -3.21. The van der Waals surface area contributed by atoms with E-state index in [4.69, 9.17) is 14.2 Å². The van der Waals surface area contributed by atoms with Crippen molar-refractivity contribution in [1.29, 1.82) is 0 Å². The van der Waals surface area contributed by atoms with E-state index in [1.165, 1.54) is 31.3 Å². The van der Waals surface area contributed by atoms with Gasteiger partial charge in [-0.05, 0) is 32.1 Å². The molecule has 10 heteroatoms. The van der Waals surface area contributed by atoms with Crippen LogP contribution in [-0.4, -0.2) is 92.0 Å². The van der Waals surface area contributed by atoms with Gasteiger partial charge in [0.25, 0.3) is 0 Å². The summed E-state index contributed by atoms with van der Waals surface area (Å²) in [7, 11) is 2.94. The first kappa shape index (κ1) is 26.4. The number of fused-ring (bicyclic) bond motifs is 3. The Morgan fingerprint density at radius 2 is 2.00 bits per heavy atom. The molecule has 0 saturated carbocycles. The first-order valence-electron chi connectivity index (χ1n) is 11.3. The highest BCUT2D eigenvalue weighted by Gasteiger charge is 2.51. The van der Waals surface area contributed by atoms with Crippen LogP contribution in [0.15, 0.2) is 35.4 Å². The molecule has 0 radical (unpaired) electrons. The summed E-state index contributed by atoms with van der Waals surface area (Å²) in [6.07, 6.45) is 1.56. The fraction of sp³-hybridized carbons (Fsp3) is 0.480. The van der Waals surface area contributed by atoms with E-state index in [0.29, 0.717) is 28.9 Å². The second-order valence-corrected chi connectivity index (χ2v) is 8.65. The average Bonchev–Trinajstić information content (AvgIpc) is 3.22. The summed E-state index contributed by atoms with van der Waals surface area (Å²) < 4.78 is 16.7. The summed E-state index contributed by atoms with van der Waals surface area (Å²) in [6.45, 7) is 3.74. The normalized spacial score (nSPS) is 22.2. The number of rotatable bonds is 10. The number of hydrogen-bond donors (Lipinski definition) is 3. The molecule has 2 aliphatic rings. The second kappa shape index (κ2) is 11.5. The molecule has 0 bridgehead atoms. The minimum atomic E-state index is -1.20. The first-order valence-corrected chi connectivity index (χ1v) is 11.3. The van der Waals surface area contributed by atoms with Crippen molar-refractivity contribution in [2.45, 2.75) is 38.0 Å². The van der Waals surface area contributed by atoms with Gasteiger partial charge >= 0.3 is 0 Å². The Balaban J connectivity index is 2.14. The third-order valence-corrected chi connectivity index (χ3v) is 6.00. The van der Waals surface area contributed by atoms with Crippen molar-refractivity contribution in [2.75, 3.05) is 40.5 Å². The van der Waals surface area contributed by atoms with E-state index in [0.717, 1.165) is 5.57 Å². The number of aldehydes is 1. The Bertz CT molecular complexity index is 1030. The number of carbonyl (C=O) groups is 3. The van der Waals surface area contributed by atoms with Gasteiger partial charge in [0.05, 0.1) is 32.3 Å². The summed E-state index contributed by atoms with van der Waals surface area (Å²) in [6, 6.07) is 2.23. The van der Waals surface area contributed by atoms with Crippen molar-refractivity contribution in [3.63, 3.8) is 0 Å². The van der Waals surface area contributed by atoms with E-state index in [1.54, 1.807) is 26.0 Å². The van der Waals surface area contributed by atoms with Crippen LogP contribution in [-0.2, 0) is 14.3 Å². The van der Waals surface area contributed by atoms with Gasteiger partial charge in [-0.2, -0.15) is 0 Å². The molecular weight excluding hydrogens is 456 g/mol. The quantitative estimate of drug-likeness (QED) is 0.322. The summed E-state index contributed by atoms with van der Waals surface area (Å²) >= 11 is 0. The lowest BCUT2D eigenvalue weighted by Crippen LogP contribution is -2.56. The summed E-state index contributed by atoms with van der Waals surface area (Å²) in [4.78, 5) is 39.2. The number of aliphatic hydroxyl groups is 2. The molecule has 1 aliphatic carbocycles. The minimum absolute atomic E-state index is 0.0241. The molecule has 1 aromatic rings. The maximum absolute atomic E-state index is 13.2. The van der Waals surface area contributed by atoms with Gasteiger partial charge in [0.15, 0.2) is 11.5 Å². The lowest BCUT2D eigenvalue weighted by molar-refractivity contribution is -0.133. The molecule has 4 unspecified atom stereocenters. The maximum atomic E-state index is 13.2. The van der Waals surface area contributed by atoms with Gasteiger partial charge in [0.1, 0.15) is 18.5 Å². The van der Waals surface area contributed by atoms with Crippen LogP contribution in [0.5, 0.6) is 11.5 Å². The largest absolute Gasteiger partial charge is 0.493 e. The van der Waals surface area contributed by atoms with E-state index in [1.807, 2.05) is 0 Å². The Labute approximate surface area is 204 Å². The van der Waals surface area contributed by atoms with Crippen molar-refractivity contribution in [3.8, 4) is 11.5 Å². The fourth-order valence-corrected chi connectivity index (χ4v) is 4.48. The molecule has 1 aliphatic heterocycles. The maximum Gasteiger partial charge on any atom is 0.247 e. The number of aliphatic hydroxyl groups excluding tert-OH is 2. The number of allylic oxidation sites excluding steroid dienone is 1. The van der Waals surface area contributed by atoms with Crippen LogP contribution < -0.4 is 14.8 Å². The third-order valence-electron chi connectivity index (χ3n) is 6.00. The highest BCUT2D eigenvalue weighted by Crippen LogP contribution is 2.51. The van der Waals surface area contributed by atoms with Crippen LogP contribution in [0.1, 0.15) is 35.7 Å². The number of ether oxygens (including phenoxy) is 3. The van der Waals surface area contributed by atoms with Crippen LogP contribution in [0.4, 0.5) is 0 Å². The third kappa shape index (κ3) is 5.39. The number of nitrogens with one attached hydrogen (secondary N) is 1. The predicted octanol–water partition coefficient (Wildman–Crippen LogP) is 0.572. The molecule has 190 valence electrons. The number of nitrogens with zero attached hydrogens (tertiary/aromatic N) is 1. The van der Waals surface area contributed by atoms with Crippen LogP contribution in [0.25, 0.3) is 0 Å². The molecule has 10 nitrogen and oxygen atoms in total. The minimum Gasteiger partial charge on any atom is -0.493 e. The monoisotopic (exact) mass is 488 g/mol. The number of methoxy groups -OCH3 is 2. The fourth-order valence-electron chi connectivity index (χ4n) is 4.48. The van der Waals surface area contributed by atoms with Gasteiger partial charge in [0, 0.05) is 43.0 Å². The zero-order chi connectivity index (χ0) is 25.7. The van der Waals surface area contributed by atoms with Crippen molar-refractivity contribution >= 4 is 18.1 Å². The zero-order valence-electron chi connectivity index (χ0n) is 20.3. The molecule has 0 aromatic heterocycles. The molecular formula is C25H32N2O8. The van der Waals surface area contributed by atoms with Gasteiger partial charge in [-0.25, -0.2) is 0 Å². The van der Waals surface area contributed by atoms with Gasteiger partial charge in [-0.3, -0.25) is 14.4 Å². The Morgan fingerprint density at radius 3 is 2.60 bits per heavy atom.